The number of carbonyl (C=O) groups is 3. The van der Waals surface area contributed by atoms with Gasteiger partial charge in [-0.05, 0) is 61.4 Å². The highest BCUT2D eigenvalue weighted by atomic mass is 35.5. The summed E-state index contributed by atoms with van der Waals surface area (Å²) in [5.74, 6) is -1.38. The largest absolute Gasteiger partial charge is 0.460 e. The Morgan fingerprint density at radius 1 is 0.733 bits per heavy atom. The molecule has 0 saturated carbocycles. The molecule has 0 N–H and O–H groups in total. The van der Waals surface area contributed by atoms with E-state index in [0.717, 1.165) is 5.56 Å². The predicted molar refractivity (Wildman–Crippen MR) is 166 cm³/mol. The van der Waals surface area contributed by atoms with Gasteiger partial charge in [-0.2, -0.15) is 0 Å². The van der Waals surface area contributed by atoms with Gasteiger partial charge in [-0.15, -0.1) is 0 Å². The number of anilines is 2. The van der Waals surface area contributed by atoms with Crippen LogP contribution in [0.15, 0.2) is 60.7 Å². The third kappa shape index (κ3) is 11.2. The number of nitrogens with zero attached hydrogens (tertiary/aromatic N) is 1. The molecule has 0 unspecified atom stereocenters. The van der Waals surface area contributed by atoms with Crippen LogP contribution in [0.2, 0.25) is 5.02 Å². The first-order chi connectivity index (χ1) is 21.7. The second kappa shape index (κ2) is 18.8. The molecule has 0 atom stereocenters. The Morgan fingerprint density at radius 2 is 1.40 bits per heavy atom. The molecule has 0 aliphatic rings. The lowest BCUT2D eigenvalue weighted by molar-refractivity contribution is -0.150. The second-order valence-corrected chi connectivity index (χ2v) is 10.1. The Hall–Kier alpha value is -3.87. The number of aryl methyl sites for hydroxylation is 2. The lowest BCUT2D eigenvalue weighted by Gasteiger charge is -2.24. The van der Waals surface area contributed by atoms with Crippen LogP contribution in [0.5, 0.6) is 0 Å². The summed E-state index contributed by atoms with van der Waals surface area (Å²) in [6.45, 7) is 4.97. The van der Waals surface area contributed by atoms with Gasteiger partial charge >= 0.3 is 12.1 Å². The number of benzene rings is 3. The van der Waals surface area contributed by atoms with Crippen LogP contribution in [0.1, 0.15) is 27.0 Å². The zero-order valence-corrected chi connectivity index (χ0v) is 26.3. The quantitative estimate of drug-likeness (QED) is 0.0957. The number of amides is 1. The number of halogens is 2. The number of hydrogen-bond acceptors (Lipinski definition) is 9. The van der Waals surface area contributed by atoms with Crippen LogP contribution in [-0.2, 0) is 33.2 Å². The van der Waals surface area contributed by atoms with Crippen molar-refractivity contribution in [3.63, 3.8) is 0 Å². The Labute approximate surface area is 266 Å². The summed E-state index contributed by atoms with van der Waals surface area (Å²) < 4.78 is 45.0. The Balaban J connectivity index is 1.55. The summed E-state index contributed by atoms with van der Waals surface area (Å²) in [4.78, 5) is 39.6. The number of methoxy groups -OCH3 is 1. The van der Waals surface area contributed by atoms with Crippen molar-refractivity contribution in [2.75, 3.05) is 71.5 Å². The number of ketones is 1. The molecule has 3 rings (SSSR count). The summed E-state index contributed by atoms with van der Waals surface area (Å²) in [6, 6.07) is 15.6. The fraction of sp³-hybridized carbons (Fsp3) is 0.364. The summed E-state index contributed by atoms with van der Waals surface area (Å²) in [6.07, 6.45) is -0.825. The van der Waals surface area contributed by atoms with Crippen LogP contribution in [0.4, 0.5) is 20.6 Å². The van der Waals surface area contributed by atoms with Gasteiger partial charge in [0.25, 0.3) is 0 Å². The predicted octanol–water partition coefficient (Wildman–Crippen LogP) is 5.84. The minimum Gasteiger partial charge on any atom is -0.460 e. The van der Waals surface area contributed by atoms with Crippen LogP contribution in [0, 0.1) is 19.7 Å². The molecule has 3 aromatic rings. The van der Waals surface area contributed by atoms with Crippen molar-refractivity contribution < 1.29 is 47.2 Å². The van der Waals surface area contributed by atoms with Crippen molar-refractivity contribution in [2.24, 2.45) is 0 Å². The van der Waals surface area contributed by atoms with E-state index in [2.05, 4.69) is 0 Å². The number of hydrogen-bond donors (Lipinski definition) is 0. The van der Waals surface area contributed by atoms with E-state index >= 15 is 0 Å². The van der Waals surface area contributed by atoms with E-state index < -0.39 is 17.9 Å². The van der Waals surface area contributed by atoms with Gasteiger partial charge in [0.15, 0.2) is 5.78 Å². The highest BCUT2D eigenvalue weighted by Gasteiger charge is 2.24. The van der Waals surface area contributed by atoms with E-state index in [1.54, 1.807) is 32.2 Å². The van der Waals surface area contributed by atoms with E-state index in [-0.39, 0.29) is 55.1 Å². The smallest absolute Gasteiger partial charge is 0.419 e. The maximum atomic E-state index is 13.9. The number of carbonyl (C=O) groups excluding carboxylic acids is 3. The fourth-order valence-corrected chi connectivity index (χ4v) is 4.40. The van der Waals surface area contributed by atoms with Crippen LogP contribution < -0.4 is 4.90 Å². The number of rotatable bonds is 18. The van der Waals surface area contributed by atoms with Crippen molar-refractivity contribution in [3.8, 4) is 0 Å². The molecular formula is C33H37ClFNO9. The van der Waals surface area contributed by atoms with Gasteiger partial charge in [0.1, 0.15) is 25.6 Å². The maximum Gasteiger partial charge on any atom is 0.419 e. The minimum absolute atomic E-state index is 0.119. The zero-order valence-electron chi connectivity index (χ0n) is 25.5. The first-order valence-corrected chi connectivity index (χ1v) is 14.6. The topological polar surface area (TPSA) is 110 Å². The van der Waals surface area contributed by atoms with Crippen molar-refractivity contribution in [3.05, 3.63) is 93.8 Å². The van der Waals surface area contributed by atoms with Gasteiger partial charge in [0.2, 0.25) is 0 Å². The van der Waals surface area contributed by atoms with E-state index in [9.17, 15) is 18.8 Å². The first kappa shape index (κ1) is 35.6. The molecule has 0 aromatic heterocycles. The van der Waals surface area contributed by atoms with Gasteiger partial charge in [0.05, 0.1) is 56.0 Å². The van der Waals surface area contributed by atoms with Gasteiger partial charge in [-0.25, -0.2) is 18.9 Å². The molecule has 0 bridgehead atoms. The molecule has 10 nitrogen and oxygen atoms in total. The lowest BCUT2D eigenvalue weighted by Crippen LogP contribution is -2.29. The molecule has 242 valence electrons. The fourth-order valence-electron chi connectivity index (χ4n) is 4.14. The Morgan fingerprint density at radius 3 is 2.07 bits per heavy atom. The molecule has 0 fully saturated rings. The highest BCUT2D eigenvalue weighted by Crippen LogP contribution is 2.33. The van der Waals surface area contributed by atoms with Crippen molar-refractivity contribution >= 4 is 40.8 Å². The molecule has 0 spiro atoms. The van der Waals surface area contributed by atoms with Crippen LogP contribution in [0.3, 0.4) is 0 Å². The van der Waals surface area contributed by atoms with Gasteiger partial charge < -0.3 is 28.4 Å². The normalized spacial score (nSPS) is 10.9. The molecule has 0 radical (unpaired) electrons. The van der Waals surface area contributed by atoms with Gasteiger partial charge in [-0.3, -0.25) is 4.79 Å². The van der Waals surface area contributed by atoms with E-state index in [1.807, 2.05) is 19.1 Å². The summed E-state index contributed by atoms with van der Waals surface area (Å²) in [7, 11) is 1.59. The van der Waals surface area contributed by atoms with Crippen molar-refractivity contribution in [1.82, 2.24) is 0 Å². The molecule has 0 saturated heterocycles. The van der Waals surface area contributed by atoms with E-state index in [0.29, 0.717) is 43.2 Å². The SMILES string of the molecule is COCCOCCOCCOCC(=O)OCCOC(=O)N(c1ccc(C(=O)c2ccccc2C)c(Cl)c1)c1ccc(F)cc1C. The van der Waals surface area contributed by atoms with E-state index in [4.69, 9.17) is 40.0 Å². The first-order valence-electron chi connectivity index (χ1n) is 14.2. The Bertz CT molecular complexity index is 1440. The van der Waals surface area contributed by atoms with Crippen LogP contribution in [-0.4, -0.2) is 84.4 Å². The molecule has 0 heterocycles. The highest BCUT2D eigenvalue weighted by molar-refractivity contribution is 6.35. The average molecular weight is 646 g/mol. The summed E-state index contributed by atoms with van der Waals surface area (Å²) in [5.41, 5.74) is 2.64. The van der Waals surface area contributed by atoms with Crippen molar-refractivity contribution in [2.45, 2.75) is 13.8 Å². The molecule has 1 amide bonds. The molecule has 0 aliphatic heterocycles. The zero-order chi connectivity index (χ0) is 32.6. The number of esters is 1. The monoisotopic (exact) mass is 645 g/mol. The average Bonchev–Trinajstić information content (AvgIpc) is 3.01. The Kier molecular flexibility index (Phi) is 14.9. The summed E-state index contributed by atoms with van der Waals surface area (Å²) in [5, 5.41) is 0.119. The molecule has 3 aromatic carbocycles. The maximum absolute atomic E-state index is 13.9. The molecule has 45 heavy (non-hydrogen) atoms. The van der Waals surface area contributed by atoms with Crippen LogP contribution >= 0.6 is 11.6 Å². The lowest BCUT2D eigenvalue weighted by atomic mass is 9.99. The van der Waals surface area contributed by atoms with Gasteiger partial charge in [-0.1, -0.05) is 35.9 Å². The second-order valence-electron chi connectivity index (χ2n) is 9.68. The molecule has 0 aliphatic carbocycles. The third-order valence-electron chi connectivity index (χ3n) is 6.40. The standard InChI is InChI=1S/C33H37ClFNO9/c1-23-6-4-5-7-27(23)32(38)28-10-9-26(21-29(28)34)36(30-11-8-25(35)20-24(30)2)33(39)45-19-18-44-31(37)22-43-17-16-42-15-14-41-13-12-40-3/h4-11,20-21H,12-19,22H2,1-3H3. The third-order valence-corrected chi connectivity index (χ3v) is 6.71. The van der Waals surface area contributed by atoms with Crippen LogP contribution in [0.25, 0.3) is 0 Å². The minimum atomic E-state index is -0.825. The van der Waals surface area contributed by atoms with Crippen molar-refractivity contribution in [1.29, 1.82) is 0 Å². The molecular weight excluding hydrogens is 609 g/mol. The summed E-state index contributed by atoms with van der Waals surface area (Å²) >= 11 is 6.54. The van der Waals surface area contributed by atoms with Gasteiger partial charge in [0, 0.05) is 18.2 Å². The number of ether oxygens (including phenoxy) is 6. The van der Waals surface area contributed by atoms with E-state index in [1.165, 1.54) is 35.2 Å². The molecule has 12 heteroatoms.